The normalized spacial score (nSPS) is 10.9. The van der Waals surface area contributed by atoms with Crippen molar-refractivity contribution in [3.63, 3.8) is 0 Å². The highest BCUT2D eigenvalue weighted by atomic mass is 127. The van der Waals surface area contributed by atoms with Crippen LogP contribution in [0.5, 0.6) is 0 Å². The first-order valence-corrected chi connectivity index (χ1v) is 6.63. The van der Waals surface area contributed by atoms with Gasteiger partial charge in [-0.15, -0.1) is 24.0 Å². The summed E-state index contributed by atoms with van der Waals surface area (Å²) in [6.07, 6.45) is 1.80. The molecule has 0 radical (unpaired) electrons. The van der Waals surface area contributed by atoms with Crippen molar-refractivity contribution in [3.8, 4) is 0 Å². The Kier molecular flexibility index (Phi) is 7.21. The van der Waals surface area contributed by atoms with Gasteiger partial charge < -0.3 is 10.2 Å². The summed E-state index contributed by atoms with van der Waals surface area (Å²) in [6, 6.07) is 12.4. The molecule has 0 aliphatic heterocycles. The van der Waals surface area contributed by atoms with Gasteiger partial charge in [0.05, 0.1) is 12.2 Å². The Morgan fingerprint density at radius 2 is 2.00 bits per heavy atom. The highest BCUT2D eigenvalue weighted by Gasteiger charge is 2.07. The van der Waals surface area contributed by atoms with E-state index < -0.39 is 0 Å². The van der Waals surface area contributed by atoms with Crippen LogP contribution in [-0.4, -0.2) is 34.7 Å². The Morgan fingerprint density at radius 3 is 2.57 bits per heavy atom. The molecule has 114 valence electrons. The molecule has 0 spiro atoms. The van der Waals surface area contributed by atoms with E-state index in [4.69, 9.17) is 0 Å². The van der Waals surface area contributed by atoms with E-state index in [1.165, 1.54) is 5.56 Å². The number of aliphatic imine (C=N–C) groups is 1. The van der Waals surface area contributed by atoms with E-state index in [0.717, 1.165) is 18.2 Å². The fourth-order valence-corrected chi connectivity index (χ4v) is 2.06. The predicted molar refractivity (Wildman–Crippen MR) is 96.7 cm³/mol. The van der Waals surface area contributed by atoms with E-state index in [9.17, 15) is 0 Å². The lowest BCUT2D eigenvalue weighted by atomic mass is 10.2. The van der Waals surface area contributed by atoms with Crippen molar-refractivity contribution >= 4 is 29.9 Å². The lowest BCUT2D eigenvalue weighted by Gasteiger charge is -2.22. The van der Waals surface area contributed by atoms with Crippen molar-refractivity contribution in [1.82, 2.24) is 20.0 Å². The molecule has 5 nitrogen and oxygen atoms in total. The molecule has 1 aromatic carbocycles. The lowest BCUT2D eigenvalue weighted by molar-refractivity contribution is 0.474. The fourth-order valence-electron chi connectivity index (χ4n) is 2.06. The highest BCUT2D eigenvalue weighted by molar-refractivity contribution is 14.0. The third-order valence-electron chi connectivity index (χ3n) is 3.19. The van der Waals surface area contributed by atoms with Gasteiger partial charge >= 0.3 is 0 Å². The van der Waals surface area contributed by atoms with Crippen molar-refractivity contribution in [2.45, 2.75) is 13.1 Å². The van der Waals surface area contributed by atoms with Gasteiger partial charge in [0.1, 0.15) is 0 Å². The van der Waals surface area contributed by atoms with Gasteiger partial charge in [-0.25, -0.2) is 0 Å². The molecule has 0 unspecified atom stereocenters. The van der Waals surface area contributed by atoms with Crippen molar-refractivity contribution in [2.24, 2.45) is 12.0 Å². The summed E-state index contributed by atoms with van der Waals surface area (Å²) >= 11 is 0. The van der Waals surface area contributed by atoms with Gasteiger partial charge in [-0.1, -0.05) is 30.3 Å². The Hall–Kier alpha value is -1.57. The standard InChI is InChI=1S/C15H21N5.HI/c1-16-15(17-11-14-9-10-18-20(14)3)19(2)12-13-7-5-4-6-8-13;/h4-10H,11-12H2,1-3H3,(H,16,17);1H. The van der Waals surface area contributed by atoms with Gasteiger partial charge in [0.15, 0.2) is 5.96 Å². The topological polar surface area (TPSA) is 45.5 Å². The smallest absolute Gasteiger partial charge is 0.194 e. The summed E-state index contributed by atoms with van der Waals surface area (Å²) in [5, 5.41) is 7.50. The number of guanidine groups is 1. The molecule has 2 aromatic rings. The highest BCUT2D eigenvalue weighted by Crippen LogP contribution is 2.03. The van der Waals surface area contributed by atoms with Crippen LogP contribution in [0.1, 0.15) is 11.3 Å². The minimum atomic E-state index is 0. The molecule has 0 amide bonds. The number of hydrogen-bond donors (Lipinski definition) is 1. The minimum Gasteiger partial charge on any atom is -0.351 e. The first-order valence-electron chi connectivity index (χ1n) is 6.63. The summed E-state index contributed by atoms with van der Waals surface area (Å²) in [6.45, 7) is 1.54. The summed E-state index contributed by atoms with van der Waals surface area (Å²) < 4.78 is 1.86. The zero-order chi connectivity index (χ0) is 14.4. The quantitative estimate of drug-likeness (QED) is 0.488. The molecule has 0 fully saturated rings. The Labute approximate surface area is 143 Å². The van der Waals surface area contributed by atoms with E-state index in [1.807, 2.05) is 30.9 Å². The molecule has 21 heavy (non-hydrogen) atoms. The third-order valence-corrected chi connectivity index (χ3v) is 3.19. The van der Waals surface area contributed by atoms with Gasteiger partial charge in [-0.3, -0.25) is 9.67 Å². The number of hydrogen-bond acceptors (Lipinski definition) is 2. The van der Waals surface area contributed by atoms with Crippen molar-refractivity contribution < 1.29 is 0 Å². The molecule has 0 saturated carbocycles. The molecular formula is C15H22IN5. The maximum Gasteiger partial charge on any atom is 0.194 e. The number of rotatable bonds is 4. The maximum absolute atomic E-state index is 4.32. The Balaban J connectivity index is 0.00000220. The van der Waals surface area contributed by atoms with Gasteiger partial charge in [0, 0.05) is 33.9 Å². The van der Waals surface area contributed by atoms with E-state index in [1.54, 1.807) is 13.2 Å². The van der Waals surface area contributed by atoms with E-state index >= 15 is 0 Å². The van der Waals surface area contributed by atoms with Crippen LogP contribution in [0.3, 0.4) is 0 Å². The molecular weight excluding hydrogens is 377 g/mol. The maximum atomic E-state index is 4.32. The molecule has 1 N–H and O–H groups in total. The molecule has 0 aliphatic carbocycles. The van der Waals surface area contributed by atoms with Gasteiger partial charge in [0.2, 0.25) is 0 Å². The van der Waals surface area contributed by atoms with Crippen molar-refractivity contribution in [3.05, 3.63) is 53.9 Å². The van der Waals surface area contributed by atoms with Crippen LogP contribution in [0, 0.1) is 0 Å². The van der Waals surface area contributed by atoms with Crippen LogP contribution < -0.4 is 5.32 Å². The van der Waals surface area contributed by atoms with Gasteiger partial charge in [-0.2, -0.15) is 5.10 Å². The van der Waals surface area contributed by atoms with Crippen molar-refractivity contribution in [1.29, 1.82) is 0 Å². The molecule has 0 aliphatic rings. The average Bonchev–Trinajstić information content (AvgIpc) is 2.86. The predicted octanol–water partition coefficient (Wildman–Crippen LogP) is 2.25. The molecule has 1 heterocycles. The van der Waals surface area contributed by atoms with Gasteiger partial charge in [-0.05, 0) is 11.6 Å². The average molecular weight is 399 g/mol. The molecule has 0 bridgehead atoms. The van der Waals surface area contributed by atoms with E-state index in [2.05, 4.69) is 44.6 Å². The molecule has 2 rings (SSSR count). The lowest BCUT2D eigenvalue weighted by Crippen LogP contribution is -2.38. The first kappa shape index (κ1) is 17.5. The van der Waals surface area contributed by atoms with Crippen molar-refractivity contribution in [2.75, 3.05) is 14.1 Å². The second-order valence-electron chi connectivity index (χ2n) is 4.69. The second-order valence-corrected chi connectivity index (χ2v) is 4.69. The largest absolute Gasteiger partial charge is 0.351 e. The van der Waals surface area contributed by atoms with Gasteiger partial charge in [0.25, 0.3) is 0 Å². The summed E-state index contributed by atoms with van der Waals surface area (Å²) in [5.41, 5.74) is 2.39. The number of halogens is 1. The second kappa shape index (κ2) is 8.66. The number of nitrogens with one attached hydrogen (secondary N) is 1. The summed E-state index contributed by atoms with van der Waals surface area (Å²) in [5.74, 6) is 0.870. The van der Waals surface area contributed by atoms with E-state index in [-0.39, 0.29) is 24.0 Å². The zero-order valence-corrected chi connectivity index (χ0v) is 15.0. The third kappa shape index (κ3) is 5.04. The van der Waals surface area contributed by atoms with Crippen LogP contribution in [-0.2, 0) is 20.1 Å². The monoisotopic (exact) mass is 399 g/mol. The number of aryl methyl sites for hydroxylation is 1. The van der Waals surface area contributed by atoms with Crippen LogP contribution in [0.4, 0.5) is 0 Å². The number of nitrogens with zero attached hydrogens (tertiary/aromatic N) is 4. The van der Waals surface area contributed by atoms with Crippen LogP contribution in [0.25, 0.3) is 0 Å². The van der Waals surface area contributed by atoms with Crippen LogP contribution in [0.15, 0.2) is 47.6 Å². The zero-order valence-electron chi connectivity index (χ0n) is 12.7. The Morgan fingerprint density at radius 1 is 1.29 bits per heavy atom. The SMILES string of the molecule is CN=C(NCc1ccnn1C)N(C)Cc1ccccc1.I. The summed E-state index contributed by atoms with van der Waals surface area (Å²) in [7, 11) is 5.77. The molecule has 0 saturated heterocycles. The molecule has 0 atom stereocenters. The molecule has 6 heteroatoms. The summed E-state index contributed by atoms with van der Waals surface area (Å²) in [4.78, 5) is 6.42. The number of benzene rings is 1. The minimum absolute atomic E-state index is 0. The first-order chi connectivity index (χ1) is 9.70. The van der Waals surface area contributed by atoms with E-state index in [0.29, 0.717) is 6.54 Å². The Bertz CT molecular complexity index is 564. The van der Waals surface area contributed by atoms with Crippen LogP contribution >= 0.6 is 24.0 Å². The fraction of sp³-hybridized carbons (Fsp3) is 0.333. The van der Waals surface area contributed by atoms with Crippen LogP contribution in [0.2, 0.25) is 0 Å². The number of aromatic nitrogens is 2. The molecule has 1 aromatic heterocycles.